The number of benzene rings is 2. The minimum atomic E-state index is -3.75. The second-order valence-electron chi connectivity index (χ2n) is 6.18. The predicted octanol–water partition coefficient (Wildman–Crippen LogP) is 4.04. The van der Waals surface area contributed by atoms with Crippen LogP contribution in [0.15, 0.2) is 47.4 Å². The van der Waals surface area contributed by atoms with E-state index in [2.05, 4.69) is 27.9 Å². The number of aryl methyl sites for hydroxylation is 1. The van der Waals surface area contributed by atoms with Crippen molar-refractivity contribution in [3.63, 3.8) is 0 Å². The van der Waals surface area contributed by atoms with Gasteiger partial charge in [0.15, 0.2) is 0 Å². The van der Waals surface area contributed by atoms with Gasteiger partial charge in [-0.3, -0.25) is 4.79 Å². The van der Waals surface area contributed by atoms with Crippen LogP contribution in [0.25, 0.3) is 0 Å². The number of anilines is 1. The molecule has 138 valence electrons. The lowest BCUT2D eigenvalue weighted by molar-refractivity contribution is -0.119. The quantitative estimate of drug-likeness (QED) is 0.639. The average Bonchev–Trinajstić information content (AvgIpc) is 3.08. The van der Waals surface area contributed by atoms with Crippen molar-refractivity contribution in [3.05, 3.63) is 56.6 Å². The lowest BCUT2D eigenvalue weighted by Gasteiger charge is -2.23. The van der Waals surface area contributed by atoms with Crippen LogP contribution in [-0.4, -0.2) is 31.2 Å². The topological polar surface area (TPSA) is 66.5 Å². The minimum Gasteiger partial charge on any atom is -0.324 e. The summed E-state index contributed by atoms with van der Waals surface area (Å²) in [5, 5.41) is 3.34. The van der Waals surface area contributed by atoms with Gasteiger partial charge in [-0.05, 0) is 90.4 Å². The summed E-state index contributed by atoms with van der Waals surface area (Å²) in [5.74, 6) is -0.302. The molecular weight excluding hydrogens is 487 g/mol. The van der Waals surface area contributed by atoms with Crippen molar-refractivity contribution in [1.82, 2.24) is 4.31 Å². The Hall–Kier alpha value is -1.16. The maximum atomic E-state index is 12.9. The molecular formula is C18H18ClIN2O3S. The molecule has 1 N–H and O–H groups in total. The van der Waals surface area contributed by atoms with Crippen molar-refractivity contribution in [3.8, 4) is 0 Å². The zero-order valence-corrected chi connectivity index (χ0v) is 17.8. The van der Waals surface area contributed by atoms with Crippen LogP contribution in [0.4, 0.5) is 5.69 Å². The van der Waals surface area contributed by atoms with Crippen LogP contribution in [-0.2, 0) is 14.8 Å². The van der Waals surface area contributed by atoms with Gasteiger partial charge in [-0.15, -0.1) is 0 Å². The molecule has 1 fully saturated rings. The summed E-state index contributed by atoms with van der Waals surface area (Å²) < 4.78 is 28.2. The van der Waals surface area contributed by atoms with Crippen LogP contribution in [0.1, 0.15) is 18.4 Å². The number of amides is 1. The summed E-state index contributed by atoms with van der Waals surface area (Å²) in [5.41, 5.74) is 1.64. The molecule has 1 atom stereocenters. The fraction of sp³-hybridized carbons (Fsp3) is 0.278. The molecule has 0 radical (unpaired) electrons. The molecule has 2 aromatic rings. The van der Waals surface area contributed by atoms with E-state index in [0.717, 1.165) is 9.13 Å². The van der Waals surface area contributed by atoms with Crippen LogP contribution >= 0.6 is 34.2 Å². The maximum absolute atomic E-state index is 12.9. The molecule has 0 aliphatic carbocycles. The van der Waals surface area contributed by atoms with Crippen molar-refractivity contribution in [2.75, 3.05) is 11.9 Å². The van der Waals surface area contributed by atoms with Crippen molar-refractivity contribution < 1.29 is 13.2 Å². The number of rotatable bonds is 4. The van der Waals surface area contributed by atoms with Gasteiger partial charge in [0.2, 0.25) is 15.9 Å². The van der Waals surface area contributed by atoms with Crippen LogP contribution < -0.4 is 5.32 Å². The Morgan fingerprint density at radius 3 is 2.58 bits per heavy atom. The van der Waals surface area contributed by atoms with Gasteiger partial charge >= 0.3 is 0 Å². The predicted molar refractivity (Wildman–Crippen MR) is 111 cm³/mol. The number of sulfonamides is 1. The standard InChI is InChI=1S/C18H18ClIN2O3S/c1-12-11-14(20)6-9-16(12)21-18(23)17-3-2-10-22(17)26(24,25)15-7-4-13(19)5-8-15/h4-9,11,17H,2-3,10H2,1H3,(H,21,23)/t17-/m1/s1. The zero-order chi connectivity index (χ0) is 18.9. The average molecular weight is 505 g/mol. The lowest BCUT2D eigenvalue weighted by Crippen LogP contribution is -2.43. The van der Waals surface area contributed by atoms with E-state index in [1.165, 1.54) is 28.6 Å². The van der Waals surface area contributed by atoms with Crippen LogP contribution in [0.3, 0.4) is 0 Å². The SMILES string of the molecule is Cc1cc(I)ccc1NC(=O)[C@H]1CCCN1S(=O)(=O)c1ccc(Cl)cc1. The molecule has 3 rings (SSSR count). The van der Waals surface area contributed by atoms with Gasteiger partial charge in [-0.1, -0.05) is 11.6 Å². The van der Waals surface area contributed by atoms with Gasteiger partial charge in [-0.2, -0.15) is 4.31 Å². The summed E-state index contributed by atoms with van der Waals surface area (Å²) in [6, 6.07) is 11.0. The molecule has 1 amide bonds. The van der Waals surface area contributed by atoms with Crippen LogP contribution in [0, 0.1) is 10.5 Å². The number of hydrogen-bond donors (Lipinski definition) is 1. The van der Waals surface area contributed by atoms with E-state index in [1.54, 1.807) is 0 Å². The first-order valence-corrected chi connectivity index (χ1v) is 11.0. The highest BCUT2D eigenvalue weighted by Gasteiger charge is 2.39. The smallest absolute Gasteiger partial charge is 0.243 e. The third-order valence-corrected chi connectivity index (χ3v) is 7.22. The van der Waals surface area contributed by atoms with Crippen LogP contribution in [0.2, 0.25) is 5.02 Å². The van der Waals surface area contributed by atoms with E-state index in [4.69, 9.17) is 11.6 Å². The highest BCUT2D eigenvalue weighted by Crippen LogP contribution is 2.28. The second-order valence-corrected chi connectivity index (χ2v) is 9.75. The van der Waals surface area contributed by atoms with Crippen molar-refractivity contribution >= 4 is 55.8 Å². The zero-order valence-electron chi connectivity index (χ0n) is 14.1. The third-order valence-electron chi connectivity index (χ3n) is 4.37. The first-order valence-electron chi connectivity index (χ1n) is 8.13. The number of hydrogen-bond acceptors (Lipinski definition) is 3. The van der Waals surface area contributed by atoms with E-state index in [1.807, 2.05) is 25.1 Å². The number of halogens is 2. The van der Waals surface area contributed by atoms with E-state index < -0.39 is 16.1 Å². The van der Waals surface area contributed by atoms with Gasteiger partial charge < -0.3 is 5.32 Å². The summed E-state index contributed by atoms with van der Waals surface area (Å²) in [4.78, 5) is 12.9. The Bertz CT molecular complexity index is 932. The molecule has 5 nitrogen and oxygen atoms in total. The summed E-state index contributed by atoms with van der Waals surface area (Å²) in [7, 11) is -3.75. The Morgan fingerprint density at radius 1 is 1.23 bits per heavy atom. The van der Waals surface area contributed by atoms with E-state index in [0.29, 0.717) is 30.1 Å². The van der Waals surface area contributed by atoms with E-state index >= 15 is 0 Å². The molecule has 0 bridgehead atoms. The second kappa shape index (κ2) is 7.84. The number of carbonyl (C=O) groups excluding carboxylic acids is 1. The Morgan fingerprint density at radius 2 is 1.92 bits per heavy atom. The van der Waals surface area contributed by atoms with Crippen LogP contribution in [0.5, 0.6) is 0 Å². The third kappa shape index (κ3) is 4.05. The fourth-order valence-corrected chi connectivity index (χ4v) is 5.44. The molecule has 26 heavy (non-hydrogen) atoms. The number of nitrogens with zero attached hydrogens (tertiary/aromatic N) is 1. The molecule has 1 saturated heterocycles. The highest BCUT2D eigenvalue weighted by atomic mass is 127. The number of carbonyl (C=O) groups is 1. The lowest BCUT2D eigenvalue weighted by atomic mass is 10.1. The van der Waals surface area contributed by atoms with Gasteiger partial charge in [-0.25, -0.2) is 8.42 Å². The van der Waals surface area contributed by atoms with E-state index in [9.17, 15) is 13.2 Å². The van der Waals surface area contributed by atoms with Crippen molar-refractivity contribution in [2.24, 2.45) is 0 Å². The summed E-state index contributed by atoms with van der Waals surface area (Å²) >= 11 is 8.05. The number of nitrogens with one attached hydrogen (secondary N) is 1. The molecule has 0 saturated carbocycles. The molecule has 8 heteroatoms. The van der Waals surface area contributed by atoms with E-state index in [-0.39, 0.29) is 10.8 Å². The molecule has 0 spiro atoms. The van der Waals surface area contributed by atoms with Crippen molar-refractivity contribution in [2.45, 2.75) is 30.7 Å². The van der Waals surface area contributed by atoms with Crippen molar-refractivity contribution in [1.29, 1.82) is 0 Å². The molecule has 2 aromatic carbocycles. The van der Waals surface area contributed by atoms with Gasteiger partial charge in [0.1, 0.15) is 6.04 Å². The first-order chi connectivity index (χ1) is 12.3. The Labute approximate surface area is 171 Å². The highest BCUT2D eigenvalue weighted by molar-refractivity contribution is 14.1. The van der Waals surface area contributed by atoms with Gasteiger partial charge in [0.25, 0.3) is 0 Å². The Kier molecular flexibility index (Phi) is 5.91. The van der Waals surface area contributed by atoms with Gasteiger partial charge in [0.05, 0.1) is 4.90 Å². The molecule has 1 aliphatic heterocycles. The maximum Gasteiger partial charge on any atom is 0.243 e. The fourth-order valence-electron chi connectivity index (χ4n) is 3.02. The molecule has 0 aromatic heterocycles. The first kappa shape index (κ1) is 19.6. The van der Waals surface area contributed by atoms with Gasteiger partial charge in [0, 0.05) is 20.8 Å². The normalized spacial score (nSPS) is 18.0. The monoisotopic (exact) mass is 504 g/mol. The molecule has 1 heterocycles. The summed E-state index contributed by atoms with van der Waals surface area (Å²) in [6.07, 6.45) is 1.15. The summed E-state index contributed by atoms with van der Waals surface area (Å²) in [6.45, 7) is 2.24. The largest absolute Gasteiger partial charge is 0.324 e. The molecule has 0 unspecified atom stereocenters. The minimum absolute atomic E-state index is 0.145. The Balaban J connectivity index is 1.83. The molecule has 1 aliphatic rings.